The Labute approximate surface area is 134 Å². The lowest BCUT2D eigenvalue weighted by molar-refractivity contribution is 0.470. The van der Waals surface area contributed by atoms with E-state index in [1.165, 1.54) is 11.1 Å². The van der Waals surface area contributed by atoms with Crippen LogP contribution in [0.2, 0.25) is 0 Å². The summed E-state index contributed by atoms with van der Waals surface area (Å²) in [4.78, 5) is 0. The van der Waals surface area contributed by atoms with Crippen LogP contribution < -0.4 is 4.74 Å². The molecule has 0 radical (unpaired) electrons. The largest absolute Gasteiger partial charge is 0.456 e. The maximum absolute atomic E-state index is 6.14. The third kappa shape index (κ3) is 2.77. The number of ether oxygens (including phenoxy) is 1. The third-order valence-corrected chi connectivity index (χ3v) is 4.46. The van der Waals surface area contributed by atoms with Crippen LogP contribution in [-0.4, -0.2) is 5.33 Å². The number of hydrogen-bond donors (Lipinski definition) is 0. The quantitative estimate of drug-likeness (QED) is 0.608. The smallest absolute Gasteiger partial charge is 0.134 e. The van der Waals surface area contributed by atoms with E-state index >= 15 is 0 Å². The maximum atomic E-state index is 6.14. The number of alkyl halides is 1. The van der Waals surface area contributed by atoms with Crippen molar-refractivity contribution in [1.82, 2.24) is 0 Å². The molecule has 0 fully saturated rings. The van der Waals surface area contributed by atoms with Crippen LogP contribution >= 0.6 is 15.9 Å². The Hall–Kier alpha value is -1.54. The Morgan fingerprint density at radius 1 is 0.952 bits per heavy atom. The molecule has 2 aromatic carbocycles. The highest BCUT2D eigenvalue weighted by atomic mass is 79.9. The van der Waals surface area contributed by atoms with E-state index in [9.17, 15) is 0 Å². The Kier molecular flexibility index (Phi) is 3.90. The number of hydrogen-bond acceptors (Lipinski definition) is 1. The molecule has 0 saturated heterocycles. The van der Waals surface area contributed by atoms with Crippen LogP contribution in [-0.2, 0) is 0 Å². The zero-order chi connectivity index (χ0) is 14.9. The molecule has 0 N–H and O–H groups in total. The summed E-state index contributed by atoms with van der Waals surface area (Å²) in [5.74, 6) is 1.87. The van der Waals surface area contributed by atoms with Gasteiger partial charge in [0.15, 0.2) is 0 Å². The van der Waals surface area contributed by atoms with Gasteiger partial charge in [-0.1, -0.05) is 66.2 Å². The standard InChI is InChI=1S/C19H19BrO/c1-19(2,11-12-20)16-13-14-7-3-5-9-17(14)21-18-10-6-4-8-15(16)18/h3-10,13H,11-12H2,1-2H3. The second kappa shape index (κ2) is 5.69. The van der Waals surface area contributed by atoms with Crippen LogP contribution in [0, 0.1) is 5.41 Å². The molecule has 1 nitrogen and oxygen atoms in total. The van der Waals surface area contributed by atoms with Crippen LogP contribution in [0.15, 0.2) is 48.5 Å². The van der Waals surface area contributed by atoms with E-state index in [-0.39, 0.29) is 5.41 Å². The molecule has 3 rings (SSSR count). The van der Waals surface area contributed by atoms with E-state index < -0.39 is 0 Å². The number of fused-ring (bicyclic) bond motifs is 2. The van der Waals surface area contributed by atoms with Crippen LogP contribution in [0.1, 0.15) is 31.4 Å². The fourth-order valence-corrected chi connectivity index (χ4v) is 3.74. The van der Waals surface area contributed by atoms with Gasteiger partial charge >= 0.3 is 0 Å². The van der Waals surface area contributed by atoms with Crippen LogP contribution in [0.4, 0.5) is 0 Å². The third-order valence-electron chi connectivity index (χ3n) is 4.06. The summed E-state index contributed by atoms with van der Waals surface area (Å²) < 4.78 is 6.14. The highest BCUT2D eigenvalue weighted by Gasteiger charge is 2.28. The Morgan fingerprint density at radius 3 is 2.38 bits per heavy atom. The van der Waals surface area contributed by atoms with Gasteiger partial charge in [-0.2, -0.15) is 0 Å². The summed E-state index contributed by atoms with van der Waals surface area (Å²) in [6.07, 6.45) is 3.36. The fraction of sp³-hybridized carbons (Fsp3) is 0.263. The molecule has 0 aromatic heterocycles. The summed E-state index contributed by atoms with van der Waals surface area (Å²) in [5, 5.41) is 0.988. The molecule has 0 amide bonds. The summed E-state index contributed by atoms with van der Waals surface area (Å²) in [6, 6.07) is 16.5. The molecule has 0 bridgehead atoms. The first kappa shape index (κ1) is 14.4. The molecule has 0 unspecified atom stereocenters. The van der Waals surface area contributed by atoms with Gasteiger partial charge in [-0.25, -0.2) is 0 Å². The second-order valence-corrected chi connectivity index (χ2v) is 6.81. The van der Waals surface area contributed by atoms with Crippen molar-refractivity contribution in [3.8, 4) is 11.5 Å². The van der Waals surface area contributed by atoms with Gasteiger partial charge in [0.2, 0.25) is 0 Å². The van der Waals surface area contributed by atoms with Gasteiger partial charge in [-0.05, 0) is 35.6 Å². The Bertz CT molecular complexity index is 685. The van der Waals surface area contributed by atoms with Crippen molar-refractivity contribution >= 4 is 27.6 Å². The summed E-state index contributed by atoms with van der Waals surface area (Å²) >= 11 is 3.58. The van der Waals surface area contributed by atoms with Crippen molar-refractivity contribution < 1.29 is 4.74 Å². The maximum Gasteiger partial charge on any atom is 0.134 e. The minimum absolute atomic E-state index is 0.0837. The topological polar surface area (TPSA) is 9.23 Å². The average Bonchev–Trinajstić information content (AvgIpc) is 2.64. The molecule has 2 heteroatoms. The molecule has 21 heavy (non-hydrogen) atoms. The van der Waals surface area contributed by atoms with Gasteiger partial charge in [0.1, 0.15) is 11.5 Å². The Balaban J connectivity index is 2.22. The van der Waals surface area contributed by atoms with E-state index in [1.54, 1.807) is 0 Å². The van der Waals surface area contributed by atoms with E-state index in [4.69, 9.17) is 4.74 Å². The molecule has 0 spiro atoms. The fourth-order valence-electron chi connectivity index (χ4n) is 2.75. The van der Waals surface area contributed by atoms with Crippen LogP contribution in [0.3, 0.4) is 0 Å². The average molecular weight is 343 g/mol. The molecule has 2 aromatic rings. The number of benzene rings is 2. The van der Waals surface area contributed by atoms with Crippen molar-refractivity contribution in [3.63, 3.8) is 0 Å². The molecule has 0 aliphatic carbocycles. The number of halogens is 1. The lowest BCUT2D eigenvalue weighted by Gasteiger charge is -2.28. The van der Waals surface area contributed by atoms with E-state index in [0.717, 1.165) is 28.8 Å². The monoisotopic (exact) mass is 342 g/mol. The van der Waals surface area contributed by atoms with Gasteiger partial charge in [0, 0.05) is 16.5 Å². The Morgan fingerprint density at radius 2 is 1.62 bits per heavy atom. The second-order valence-electron chi connectivity index (χ2n) is 6.02. The zero-order valence-corrected chi connectivity index (χ0v) is 14.0. The van der Waals surface area contributed by atoms with Crippen molar-refractivity contribution in [1.29, 1.82) is 0 Å². The molecule has 1 aliphatic rings. The predicted molar refractivity (Wildman–Crippen MR) is 93.0 cm³/mol. The van der Waals surface area contributed by atoms with Gasteiger partial charge in [-0.15, -0.1) is 0 Å². The van der Waals surface area contributed by atoms with Crippen molar-refractivity contribution in [3.05, 3.63) is 59.7 Å². The van der Waals surface area contributed by atoms with Crippen LogP contribution in [0.5, 0.6) is 11.5 Å². The van der Waals surface area contributed by atoms with E-state index in [1.807, 2.05) is 18.2 Å². The van der Waals surface area contributed by atoms with Gasteiger partial charge in [0.25, 0.3) is 0 Å². The number of rotatable bonds is 3. The van der Waals surface area contributed by atoms with E-state index in [2.05, 4.69) is 66.2 Å². The van der Waals surface area contributed by atoms with Crippen molar-refractivity contribution in [2.75, 3.05) is 5.33 Å². The molecule has 1 aliphatic heterocycles. The molecular formula is C19H19BrO. The first-order valence-corrected chi connectivity index (χ1v) is 8.38. The SMILES string of the molecule is CC(C)(CCBr)C1=Cc2ccccc2Oc2ccccc21. The first-order valence-electron chi connectivity index (χ1n) is 7.26. The number of allylic oxidation sites excluding steroid dienone is 1. The highest BCUT2D eigenvalue weighted by Crippen LogP contribution is 2.46. The van der Waals surface area contributed by atoms with E-state index in [0.29, 0.717) is 0 Å². The molecule has 0 atom stereocenters. The van der Waals surface area contributed by atoms with Gasteiger partial charge < -0.3 is 4.74 Å². The summed E-state index contributed by atoms with van der Waals surface area (Å²) in [6.45, 7) is 4.59. The lowest BCUT2D eigenvalue weighted by atomic mass is 9.77. The molecule has 108 valence electrons. The number of para-hydroxylation sites is 2. The van der Waals surface area contributed by atoms with Crippen molar-refractivity contribution in [2.24, 2.45) is 5.41 Å². The normalized spacial score (nSPS) is 13.6. The predicted octanol–water partition coefficient (Wildman–Crippen LogP) is 6.14. The van der Waals surface area contributed by atoms with Crippen molar-refractivity contribution in [2.45, 2.75) is 20.3 Å². The van der Waals surface area contributed by atoms with Gasteiger partial charge in [-0.3, -0.25) is 0 Å². The minimum Gasteiger partial charge on any atom is -0.456 e. The van der Waals surface area contributed by atoms with Crippen LogP contribution in [0.25, 0.3) is 11.6 Å². The molecule has 1 heterocycles. The lowest BCUT2D eigenvalue weighted by Crippen LogP contribution is -2.14. The molecule has 0 saturated carbocycles. The highest BCUT2D eigenvalue weighted by molar-refractivity contribution is 9.09. The molecular weight excluding hydrogens is 324 g/mol. The first-order chi connectivity index (χ1) is 10.1. The summed E-state index contributed by atoms with van der Waals surface area (Å²) in [7, 11) is 0. The minimum atomic E-state index is 0.0837. The summed E-state index contributed by atoms with van der Waals surface area (Å²) in [5.41, 5.74) is 3.76. The van der Waals surface area contributed by atoms with Gasteiger partial charge in [0.05, 0.1) is 0 Å². The zero-order valence-electron chi connectivity index (χ0n) is 12.4.